The summed E-state index contributed by atoms with van der Waals surface area (Å²) in [5, 5.41) is 0. The SMILES string of the molecule is CCN(CC)CCN(C)CCCN. The van der Waals surface area contributed by atoms with Gasteiger partial charge in [0.1, 0.15) is 0 Å². The highest BCUT2D eigenvalue weighted by Crippen LogP contribution is 1.90. The number of likely N-dealkylation sites (N-methyl/N-ethyl adjacent to an activating group) is 2. The summed E-state index contributed by atoms with van der Waals surface area (Å²) in [7, 11) is 2.17. The van der Waals surface area contributed by atoms with Crippen molar-refractivity contribution < 1.29 is 0 Å². The lowest BCUT2D eigenvalue weighted by atomic mass is 10.4. The van der Waals surface area contributed by atoms with E-state index in [0.29, 0.717) is 0 Å². The van der Waals surface area contributed by atoms with Crippen molar-refractivity contribution in [2.45, 2.75) is 20.3 Å². The van der Waals surface area contributed by atoms with E-state index in [-0.39, 0.29) is 0 Å². The third-order valence-electron chi connectivity index (χ3n) is 2.44. The van der Waals surface area contributed by atoms with Crippen LogP contribution in [0, 0.1) is 0 Å². The molecule has 2 N–H and O–H groups in total. The Morgan fingerprint density at radius 3 is 2.08 bits per heavy atom. The van der Waals surface area contributed by atoms with Crippen LogP contribution in [-0.2, 0) is 0 Å². The maximum atomic E-state index is 5.45. The minimum atomic E-state index is 0.801. The minimum Gasteiger partial charge on any atom is -0.330 e. The molecule has 0 rings (SSSR count). The maximum Gasteiger partial charge on any atom is 0.0109 e. The van der Waals surface area contributed by atoms with Crippen LogP contribution >= 0.6 is 0 Å². The second-order valence-electron chi connectivity index (χ2n) is 3.47. The van der Waals surface area contributed by atoms with E-state index in [1.165, 1.54) is 6.54 Å². The molecule has 0 unspecified atom stereocenters. The summed E-state index contributed by atoms with van der Waals surface area (Å²) in [6.45, 7) is 11.0. The molecule has 13 heavy (non-hydrogen) atoms. The lowest BCUT2D eigenvalue weighted by molar-refractivity contribution is 0.240. The number of nitrogens with zero attached hydrogens (tertiary/aromatic N) is 2. The first-order valence-corrected chi connectivity index (χ1v) is 5.35. The predicted octanol–water partition coefficient (Wildman–Crippen LogP) is 0.609. The van der Waals surface area contributed by atoms with Crippen LogP contribution in [-0.4, -0.2) is 56.1 Å². The largest absolute Gasteiger partial charge is 0.330 e. The Labute approximate surface area is 82.9 Å². The van der Waals surface area contributed by atoms with Crippen LogP contribution in [0.1, 0.15) is 20.3 Å². The van der Waals surface area contributed by atoms with Crippen LogP contribution in [0.4, 0.5) is 0 Å². The third-order valence-corrected chi connectivity index (χ3v) is 2.44. The fourth-order valence-electron chi connectivity index (χ4n) is 1.32. The Kier molecular flexibility index (Phi) is 8.40. The van der Waals surface area contributed by atoms with Gasteiger partial charge in [0.2, 0.25) is 0 Å². The van der Waals surface area contributed by atoms with Gasteiger partial charge in [-0.1, -0.05) is 13.8 Å². The van der Waals surface area contributed by atoms with Crippen molar-refractivity contribution >= 4 is 0 Å². The van der Waals surface area contributed by atoms with Gasteiger partial charge in [-0.2, -0.15) is 0 Å². The van der Waals surface area contributed by atoms with Crippen molar-refractivity contribution in [3.05, 3.63) is 0 Å². The Bertz CT molecular complexity index is 102. The van der Waals surface area contributed by atoms with Gasteiger partial charge in [-0.3, -0.25) is 0 Å². The van der Waals surface area contributed by atoms with Gasteiger partial charge < -0.3 is 15.5 Å². The van der Waals surface area contributed by atoms with E-state index in [1.54, 1.807) is 0 Å². The van der Waals surface area contributed by atoms with Gasteiger partial charge in [-0.25, -0.2) is 0 Å². The van der Waals surface area contributed by atoms with Crippen LogP contribution in [0.2, 0.25) is 0 Å². The minimum absolute atomic E-state index is 0.801. The van der Waals surface area contributed by atoms with E-state index in [1.807, 2.05) is 0 Å². The summed E-state index contributed by atoms with van der Waals surface area (Å²) >= 11 is 0. The molecule has 0 heterocycles. The van der Waals surface area contributed by atoms with Crippen molar-refractivity contribution in [1.82, 2.24) is 9.80 Å². The van der Waals surface area contributed by atoms with Crippen LogP contribution in [0.25, 0.3) is 0 Å². The fourth-order valence-corrected chi connectivity index (χ4v) is 1.32. The number of hydrogen-bond acceptors (Lipinski definition) is 3. The van der Waals surface area contributed by atoms with Crippen LogP contribution in [0.15, 0.2) is 0 Å². The molecule has 0 saturated carbocycles. The summed E-state index contributed by atoms with van der Waals surface area (Å²) in [5.41, 5.74) is 5.45. The molecule has 0 spiro atoms. The van der Waals surface area contributed by atoms with E-state index in [4.69, 9.17) is 5.73 Å². The molecule has 0 atom stereocenters. The molecule has 0 aliphatic rings. The molecule has 0 radical (unpaired) electrons. The van der Waals surface area contributed by atoms with Crippen molar-refractivity contribution in [2.75, 3.05) is 46.3 Å². The van der Waals surface area contributed by atoms with Crippen molar-refractivity contribution in [2.24, 2.45) is 5.73 Å². The molecule has 80 valence electrons. The van der Waals surface area contributed by atoms with Crippen molar-refractivity contribution in [3.8, 4) is 0 Å². The Morgan fingerprint density at radius 1 is 1.00 bits per heavy atom. The molecule has 3 nitrogen and oxygen atoms in total. The first-order chi connectivity index (χ1) is 6.24. The first-order valence-electron chi connectivity index (χ1n) is 5.35. The third kappa shape index (κ3) is 6.99. The van der Waals surface area contributed by atoms with Gasteiger partial charge >= 0.3 is 0 Å². The van der Waals surface area contributed by atoms with E-state index in [9.17, 15) is 0 Å². The van der Waals surface area contributed by atoms with Crippen LogP contribution in [0.5, 0.6) is 0 Å². The first kappa shape index (κ1) is 12.9. The molecular weight excluding hydrogens is 162 g/mol. The van der Waals surface area contributed by atoms with E-state index in [0.717, 1.165) is 39.1 Å². The Hall–Kier alpha value is -0.120. The fraction of sp³-hybridized carbons (Fsp3) is 1.00. The molecule has 0 aromatic rings. The lowest BCUT2D eigenvalue weighted by Gasteiger charge is -2.22. The van der Waals surface area contributed by atoms with Gasteiger partial charge in [-0.05, 0) is 39.6 Å². The van der Waals surface area contributed by atoms with Crippen molar-refractivity contribution in [1.29, 1.82) is 0 Å². The summed E-state index contributed by atoms with van der Waals surface area (Å²) in [4.78, 5) is 4.80. The highest BCUT2D eigenvalue weighted by molar-refractivity contribution is 4.57. The standard InChI is InChI=1S/C10H25N3/c1-4-13(5-2)10-9-12(3)8-6-7-11/h4-11H2,1-3H3. The highest BCUT2D eigenvalue weighted by Gasteiger charge is 2.01. The predicted molar refractivity (Wildman–Crippen MR) is 59.0 cm³/mol. The smallest absolute Gasteiger partial charge is 0.0109 e. The average molecular weight is 187 g/mol. The molecule has 3 heteroatoms. The molecule has 0 bridgehead atoms. The quantitative estimate of drug-likeness (QED) is 0.604. The van der Waals surface area contributed by atoms with Gasteiger partial charge in [-0.15, -0.1) is 0 Å². The monoisotopic (exact) mass is 187 g/mol. The molecule has 0 aliphatic heterocycles. The zero-order valence-corrected chi connectivity index (χ0v) is 9.42. The van der Waals surface area contributed by atoms with Crippen LogP contribution in [0.3, 0.4) is 0 Å². The molecule has 0 aliphatic carbocycles. The van der Waals surface area contributed by atoms with Gasteiger partial charge in [0.15, 0.2) is 0 Å². The van der Waals surface area contributed by atoms with Crippen molar-refractivity contribution in [3.63, 3.8) is 0 Å². The Balaban J connectivity index is 3.38. The second-order valence-corrected chi connectivity index (χ2v) is 3.47. The maximum absolute atomic E-state index is 5.45. The molecular formula is C10H25N3. The zero-order chi connectivity index (χ0) is 10.1. The molecule has 0 fully saturated rings. The van der Waals surface area contributed by atoms with Gasteiger partial charge in [0, 0.05) is 13.1 Å². The zero-order valence-electron chi connectivity index (χ0n) is 9.42. The molecule has 0 amide bonds. The van der Waals surface area contributed by atoms with E-state index in [2.05, 4.69) is 30.7 Å². The molecule has 0 aromatic heterocycles. The normalized spacial score (nSPS) is 11.5. The Morgan fingerprint density at radius 2 is 1.62 bits per heavy atom. The number of hydrogen-bond donors (Lipinski definition) is 1. The molecule has 0 saturated heterocycles. The second kappa shape index (κ2) is 8.48. The summed E-state index contributed by atoms with van der Waals surface area (Å²) < 4.78 is 0. The summed E-state index contributed by atoms with van der Waals surface area (Å²) in [5.74, 6) is 0. The average Bonchev–Trinajstić information content (AvgIpc) is 2.16. The number of nitrogens with two attached hydrogens (primary N) is 1. The highest BCUT2D eigenvalue weighted by atomic mass is 15.2. The van der Waals surface area contributed by atoms with Gasteiger partial charge in [0.25, 0.3) is 0 Å². The van der Waals surface area contributed by atoms with E-state index >= 15 is 0 Å². The summed E-state index contributed by atoms with van der Waals surface area (Å²) in [6.07, 6.45) is 1.11. The summed E-state index contributed by atoms with van der Waals surface area (Å²) in [6, 6.07) is 0. The van der Waals surface area contributed by atoms with Crippen LogP contribution < -0.4 is 5.73 Å². The molecule has 0 aromatic carbocycles. The lowest BCUT2D eigenvalue weighted by Crippen LogP contribution is -2.33. The van der Waals surface area contributed by atoms with Gasteiger partial charge in [0.05, 0.1) is 0 Å². The van der Waals surface area contributed by atoms with E-state index < -0.39 is 0 Å². The topological polar surface area (TPSA) is 32.5 Å². The number of rotatable bonds is 8.